The summed E-state index contributed by atoms with van der Waals surface area (Å²) in [5.74, 6) is -0.183. The maximum atomic E-state index is 13.4. The largest absolute Gasteiger partial charge is 0.307 e. The Hall–Kier alpha value is -1.72. The molecule has 1 aliphatic rings. The number of benzene rings is 1. The van der Waals surface area contributed by atoms with E-state index < -0.39 is 0 Å². The van der Waals surface area contributed by atoms with Crippen LogP contribution in [0.25, 0.3) is 0 Å². The fourth-order valence-electron chi connectivity index (χ4n) is 4.58. The van der Waals surface area contributed by atoms with E-state index in [0.717, 1.165) is 31.5 Å². The molecule has 0 radical (unpaired) electrons. The molecule has 0 atom stereocenters. The van der Waals surface area contributed by atoms with E-state index in [1.54, 1.807) is 12.1 Å². The van der Waals surface area contributed by atoms with Gasteiger partial charge in [-0.2, -0.15) is 5.10 Å². The molecule has 0 aliphatic carbocycles. The topological polar surface area (TPSA) is 33.1 Å². The highest BCUT2D eigenvalue weighted by atomic mass is 19.1. The molecule has 4 nitrogen and oxygen atoms in total. The molecule has 1 N–H and O–H groups in total. The Morgan fingerprint density at radius 2 is 1.70 bits per heavy atom. The standard InChI is InChI=1S/C22H33FN4/c1-16-18(13-24-26(16)6)15-27(14-17-7-9-19(23)10-8-17)20-11-21(2,3)25-22(4,5)12-20/h7-10,13,20,25H,11-12,14-15H2,1-6H3. The minimum absolute atomic E-state index is 0.0808. The van der Waals surface area contributed by atoms with Crippen LogP contribution in [0.15, 0.2) is 30.5 Å². The molecule has 1 aliphatic heterocycles. The highest BCUT2D eigenvalue weighted by Gasteiger charge is 2.40. The Labute approximate surface area is 162 Å². The van der Waals surface area contributed by atoms with Gasteiger partial charge in [0.15, 0.2) is 0 Å². The monoisotopic (exact) mass is 372 g/mol. The summed E-state index contributed by atoms with van der Waals surface area (Å²) in [7, 11) is 1.99. The zero-order valence-corrected chi connectivity index (χ0v) is 17.5. The molecule has 1 aromatic carbocycles. The number of nitrogens with zero attached hydrogens (tertiary/aromatic N) is 3. The van der Waals surface area contributed by atoms with Gasteiger partial charge in [-0.25, -0.2) is 4.39 Å². The van der Waals surface area contributed by atoms with Gasteiger partial charge < -0.3 is 5.32 Å². The molecule has 0 amide bonds. The number of rotatable bonds is 5. The van der Waals surface area contributed by atoms with Crippen LogP contribution in [0.2, 0.25) is 0 Å². The first kappa shape index (κ1) is 20.0. The van der Waals surface area contributed by atoms with E-state index >= 15 is 0 Å². The lowest BCUT2D eigenvalue weighted by molar-refractivity contribution is 0.0562. The van der Waals surface area contributed by atoms with Gasteiger partial charge >= 0.3 is 0 Å². The molecule has 2 heterocycles. The van der Waals surface area contributed by atoms with Crippen molar-refractivity contribution in [1.29, 1.82) is 0 Å². The third kappa shape index (κ3) is 4.96. The number of halogens is 1. The molecule has 2 aromatic rings. The summed E-state index contributed by atoms with van der Waals surface area (Å²) in [6.45, 7) is 12.9. The number of piperidine rings is 1. The fraction of sp³-hybridized carbons (Fsp3) is 0.591. The first-order valence-electron chi connectivity index (χ1n) is 9.80. The van der Waals surface area contributed by atoms with Gasteiger partial charge in [-0.05, 0) is 65.2 Å². The molecule has 148 valence electrons. The first-order chi connectivity index (χ1) is 12.5. The molecule has 0 saturated carbocycles. The minimum Gasteiger partial charge on any atom is -0.307 e. The van der Waals surface area contributed by atoms with Crippen molar-refractivity contribution < 1.29 is 4.39 Å². The lowest BCUT2D eigenvalue weighted by Crippen LogP contribution is -2.62. The Balaban J connectivity index is 1.88. The van der Waals surface area contributed by atoms with E-state index in [0.29, 0.717) is 6.04 Å². The summed E-state index contributed by atoms with van der Waals surface area (Å²) in [4.78, 5) is 2.54. The lowest BCUT2D eigenvalue weighted by Gasteiger charge is -2.49. The zero-order valence-electron chi connectivity index (χ0n) is 17.5. The van der Waals surface area contributed by atoms with Gasteiger partial charge in [-0.15, -0.1) is 0 Å². The molecule has 3 rings (SSSR count). The number of aryl methyl sites for hydroxylation is 1. The average molecular weight is 373 g/mol. The molecular formula is C22H33FN4. The van der Waals surface area contributed by atoms with Crippen LogP contribution in [0.3, 0.4) is 0 Å². The molecule has 5 heteroatoms. The Morgan fingerprint density at radius 1 is 1.11 bits per heavy atom. The smallest absolute Gasteiger partial charge is 0.123 e. The first-order valence-corrected chi connectivity index (χ1v) is 9.80. The molecule has 1 fully saturated rings. The normalized spacial score (nSPS) is 19.6. The number of hydrogen-bond acceptors (Lipinski definition) is 3. The number of hydrogen-bond donors (Lipinski definition) is 1. The molecule has 27 heavy (non-hydrogen) atoms. The van der Waals surface area contributed by atoms with Gasteiger partial charge in [0, 0.05) is 48.5 Å². The lowest BCUT2D eigenvalue weighted by atomic mass is 9.78. The van der Waals surface area contributed by atoms with E-state index in [1.165, 1.54) is 11.3 Å². The molecule has 0 bridgehead atoms. The minimum atomic E-state index is -0.183. The zero-order chi connectivity index (χ0) is 19.8. The molecule has 1 aromatic heterocycles. The molecule has 1 saturated heterocycles. The van der Waals surface area contributed by atoms with Crippen molar-refractivity contribution in [1.82, 2.24) is 20.0 Å². The summed E-state index contributed by atoms with van der Waals surface area (Å²) >= 11 is 0. The highest BCUT2D eigenvalue weighted by molar-refractivity contribution is 5.19. The van der Waals surface area contributed by atoms with Crippen molar-refractivity contribution in [3.05, 3.63) is 53.1 Å². The quantitative estimate of drug-likeness (QED) is 0.855. The van der Waals surface area contributed by atoms with E-state index in [2.05, 4.69) is 49.9 Å². The summed E-state index contributed by atoms with van der Waals surface area (Å²) in [6, 6.07) is 7.35. The van der Waals surface area contributed by atoms with Crippen molar-refractivity contribution in [3.8, 4) is 0 Å². The maximum absolute atomic E-state index is 13.4. The van der Waals surface area contributed by atoms with Crippen molar-refractivity contribution in [2.75, 3.05) is 0 Å². The van der Waals surface area contributed by atoms with Gasteiger partial charge in [0.05, 0.1) is 6.20 Å². The maximum Gasteiger partial charge on any atom is 0.123 e. The van der Waals surface area contributed by atoms with Crippen LogP contribution in [0, 0.1) is 12.7 Å². The summed E-state index contributed by atoms with van der Waals surface area (Å²) in [5, 5.41) is 8.19. The molecule has 0 spiro atoms. The summed E-state index contributed by atoms with van der Waals surface area (Å²) in [6.07, 6.45) is 4.14. The van der Waals surface area contributed by atoms with Gasteiger partial charge in [0.1, 0.15) is 5.82 Å². The second-order valence-electron chi connectivity index (χ2n) is 9.37. The van der Waals surface area contributed by atoms with Crippen LogP contribution in [-0.2, 0) is 20.1 Å². The molecular weight excluding hydrogens is 339 g/mol. The van der Waals surface area contributed by atoms with Crippen molar-refractivity contribution >= 4 is 0 Å². The third-order valence-electron chi connectivity index (χ3n) is 5.69. The van der Waals surface area contributed by atoms with E-state index in [9.17, 15) is 4.39 Å². The molecule has 0 unspecified atom stereocenters. The SMILES string of the molecule is Cc1c(CN(Cc2ccc(F)cc2)C2CC(C)(C)NC(C)(C)C2)cnn1C. The Bertz CT molecular complexity index is 760. The number of aromatic nitrogens is 2. The van der Waals surface area contributed by atoms with Crippen LogP contribution in [0.4, 0.5) is 4.39 Å². The van der Waals surface area contributed by atoms with Gasteiger partial charge in [0.2, 0.25) is 0 Å². The van der Waals surface area contributed by atoms with E-state index in [-0.39, 0.29) is 16.9 Å². The predicted molar refractivity (Wildman–Crippen MR) is 108 cm³/mol. The fourth-order valence-corrected chi connectivity index (χ4v) is 4.58. The second-order valence-corrected chi connectivity index (χ2v) is 9.37. The van der Waals surface area contributed by atoms with Crippen LogP contribution < -0.4 is 5.32 Å². The van der Waals surface area contributed by atoms with Crippen LogP contribution in [0.1, 0.15) is 57.4 Å². The van der Waals surface area contributed by atoms with Crippen LogP contribution >= 0.6 is 0 Å². The summed E-state index contributed by atoms with van der Waals surface area (Å²) in [5.41, 5.74) is 3.77. The van der Waals surface area contributed by atoms with Crippen LogP contribution in [-0.4, -0.2) is 31.8 Å². The van der Waals surface area contributed by atoms with Crippen molar-refractivity contribution in [2.24, 2.45) is 7.05 Å². The number of nitrogens with one attached hydrogen (secondary N) is 1. The van der Waals surface area contributed by atoms with Gasteiger partial charge in [-0.3, -0.25) is 9.58 Å². The van der Waals surface area contributed by atoms with E-state index in [4.69, 9.17) is 0 Å². The summed E-state index contributed by atoms with van der Waals surface area (Å²) < 4.78 is 15.3. The van der Waals surface area contributed by atoms with Crippen molar-refractivity contribution in [3.63, 3.8) is 0 Å². The van der Waals surface area contributed by atoms with Crippen molar-refractivity contribution in [2.45, 2.75) is 77.7 Å². The van der Waals surface area contributed by atoms with Crippen LogP contribution in [0.5, 0.6) is 0 Å². The highest BCUT2D eigenvalue weighted by Crippen LogP contribution is 2.33. The second kappa shape index (κ2) is 7.36. The van der Waals surface area contributed by atoms with Gasteiger partial charge in [0.25, 0.3) is 0 Å². The Kier molecular flexibility index (Phi) is 5.46. The van der Waals surface area contributed by atoms with E-state index in [1.807, 2.05) is 30.1 Å². The van der Waals surface area contributed by atoms with Gasteiger partial charge in [-0.1, -0.05) is 12.1 Å². The predicted octanol–water partition coefficient (Wildman–Crippen LogP) is 4.18. The third-order valence-corrected chi connectivity index (χ3v) is 5.69. The average Bonchev–Trinajstić information content (AvgIpc) is 2.85. The Morgan fingerprint density at radius 3 is 2.22 bits per heavy atom.